The molecule has 126 valence electrons. The van der Waals surface area contributed by atoms with Crippen LogP contribution in [0.3, 0.4) is 0 Å². The lowest BCUT2D eigenvalue weighted by Gasteiger charge is -2.41. The molecule has 1 saturated carbocycles. The van der Waals surface area contributed by atoms with Crippen LogP contribution >= 0.6 is 0 Å². The van der Waals surface area contributed by atoms with Gasteiger partial charge in [-0.15, -0.1) is 0 Å². The average molecular weight is 322 g/mol. The van der Waals surface area contributed by atoms with Gasteiger partial charge in [0, 0.05) is 45.1 Å². The topological polar surface area (TPSA) is 96.2 Å². The lowest BCUT2D eigenvalue weighted by Crippen LogP contribution is -2.52. The molecule has 0 spiro atoms. The molecule has 1 aromatic rings. The van der Waals surface area contributed by atoms with Crippen molar-refractivity contribution in [2.45, 2.75) is 37.0 Å². The van der Waals surface area contributed by atoms with E-state index in [1.165, 1.54) is 12.4 Å². The van der Waals surface area contributed by atoms with Gasteiger partial charge in [-0.1, -0.05) is 0 Å². The van der Waals surface area contributed by atoms with Crippen molar-refractivity contribution in [3.05, 3.63) is 18.1 Å². The molecule has 0 aromatic carbocycles. The predicted octanol–water partition coefficient (Wildman–Crippen LogP) is 0.152. The number of hydrogen-bond donors (Lipinski definition) is 3. The second kappa shape index (κ2) is 6.37. The van der Waals surface area contributed by atoms with Crippen molar-refractivity contribution in [2.24, 2.45) is 5.73 Å². The summed E-state index contributed by atoms with van der Waals surface area (Å²) in [6, 6.07) is 0.220. The van der Waals surface area contributed by atoms with Crippen molar-refractivity contribution >= 4 is 11.7 Å². The van der Waals surface area contributed by atoms with Crippen LogP contribution in [0.2, 0.25) is 0 Å². The average Bonchev–Trinajstić information content (AvgIpc) is 3.07. The Morgan fingerprint density at radius 3 is 2.87 bits per heavy atom. The van der Waals surface area contributed by atoms with E-state index in [2.05, 4.69) is 20.6 Å². The van der Waals surface area contributed by atoms with Gasteiger partial charge in [-0.05, 0) is 13.0 Å². The van der Waals surface area contributed by atoms with Gasteiger partial charge in [0.15, 0.2) is 0 Å². The highest BCUT2D eigenvalue weighted by Gasteiger charge is 2.43. The summed E-state index contributed by atoms with van der Waals surface area (Å²) < 4.78 is 13.7. The summed E-state index contributed by atoms with van der Waals surface area (Å²) >= 11 is 0. The largest absolute Gasteiger partial charge is 0.366 e. The number of carbonyl (C=O) groups excluding carboxylic acids is 1. The minimum atomic E-state index is -1.25. The fourth-order valence-electron chi connectivity index (χ4n) is 3.13. The van der Waals surface area contributed by atoms with E-state index in [0.29, 0.717) is 24.4 Å². The summed E-state index contributed by atoms with van der Waals surface area (Å²) in [4.78, 5) is 22.5. The van der Waals surface area contributed by atoms with Crippen molar-refractivity contribution < 1.29 is 9.18 Å². The van der Waals surface area contributed by atoms with Crippen LogP contribution in [0.1, 0.15) is 29.8 Å². The maximum Gasteiger partial charge on any atom is 0.274 e. The summed E-state index contributed by atoms with van der Waals surface area (Å²) in [7, 11) is 1.79. The minimum absolute atomic E-state index is 0.0200. The second-order valence-electron chi connectivity index (χ2n) is 6.45. The summed E-state index contributed by atoms with van der Waals surface area (Å²) in [6.45, 7) is 1.78. The van der Waals surface area contributed by atoms with Gasteiger partial charge in [-0.3, -0.25) is 4.79 Å². The van der Waals surface area contributed by atoms with Crippen LogP contribution in [0.5, 0.6) is 0 Å². The van der Waals surface area contributed by atoms with E-state index >= 15 is 0 Å². The first kappa shape index (κ1) is 16.1. The molecule has 1 saturated heterocycles. The number of halogens is 1. The van der Waals surface area contributed by atoms with Crippen molar-refractivity contribution in [2.75, 3.05) is 32.0 Å². The van der Waals surface area contributed by atoms with E-state index < -0.39 is 5.67 Å². The zero-order valence-corrected chi connectivity index (χ0v) is 13.3. The van der Waals surface area contributed by atoms with Gasteiger partial charge in [-0.2, -0.15) is 0 Å². The third-order valence-electron chi connectivity index (χ3n) is 4.72. The Labute approximate surface area is 134 Å². The van der Waals surface area contributed by atoms with Gasteiger partial charge in [0.2, 0.25) is 0 Å². The molecule has 1 aromatic heterocycles. The van der Waals surface area contributed by atoms with Gasteiger partial charge < -0.3 is 21.3 Å². The first-order valence-electron chi connectivity index (χ1n) is 7.96. The zero-order chi connectivity index (χ0) is 16.4. The monoisotopic (exact) mass is 322 g/mol. The van der Waals surface area contributed by atoms with Gasteiger partial charge in [0.25, 0.3) is 5.91 Å². The smallest absolute Gasteiger partial charge is 0.274 e. The summed E-state index contributed by atoms with van der Waals surface area (Å²) in [6.07, 6.45) is 4.69. The molecule has 2 aliphatic rings. The van der Waals surface area contributed by atoms with Gasteiger partial charge in [0.05, 0.1) is 12.4 Å². The Morgan fingerprint density at radius 1 is 1.52 bits per heavy atom. The molecule has 4 N–H and O–H groups in total. The number of rotatable bonds is 5. The number of aromatic nitrogens is 2. The van der Waals surface area contributed by atoms with E-state index in [4.69, 9.17) is 5.73 Å². The molecule has 1 aliphatic carbocycles. The maximum atomic E-state index is 13.7. The van der Waals surface area contributed by atoms with Crippen molar-refractivity contribution in [3.63, 3.8) is 0 Å². The number of anilines is 1. The molecule has 2 heterocycles. The number of likely N-dealkylation sites (N-methyl/N-ethyl adjacent to an activating group) is 1. The Bertz CT molecular complexity index is 554. The van der Waals surface area contributed by atoms with E-state index in [9.17, 15) is 9.18 Å². The van der Waals surface area contributed by atoms with E-state index in [-0.39, 0.29) is 24.5 Å². The molecule has 1 aliphatic heterocycles. The molecule has 3 rings (SSSR count). The Morgan fingerprint density at radius 2 is 2.30 bits per heavy atom. The van der Waals surface area contributed by atoms with Crippen molar-refractivity contribution in [1.82, 2.24) is 20.2 Å². The van der Waals surface area contributed by atoms with Crippen molar-refractivity contribution in [3.8, 4) is 0 Å². The van der Waals surface area contributed by atoms with Crippen molar-refractivity contribution in [1.29, 1.82) is 0 Å². The highest BCUT2D eigenvalue weighted by molar-refractivity contribution is 5.92. The minimum Gasteiger partial charge on any atom is -0.366 e. The molecule has 0 bridgehead atoms. The van der Waals surface area contributed by atoms with Crippen LogP contribution in [-0.2, 0) is 0 Å². The number of nitrogens with two attached hydrogens (primary N) is 1. The lowest BCUT2D eigenvalue weighted by molar-refractivity contribution is 0.0606. The Balaban J connectivity index is 1.55. The first-order chi connectivity index (χ1) is 11.0. The van der Waals surface area contributed by atoms with Gasteiger partial charge in [-0.25, -0.2) is 14.4 Å². The molecular weight excluding hydrogens is 299 g/mol. The van der Waals surface area contributed by atoms with E-state index in [1.807, 2.05) is 0 Å². The molecule has 8 heteroatoms. The maximum absolute atomic E-state index is 13.7. The highest BCUT2D eigenvalue weighted by Crippen LogP contribution is 2.36. The molecule has 7 nitrogen and oxygen atoms in total. The molecule has 1 atom stereocenters. The Kier molecular flexibility index (Phi) is 4.45. The summed E-state index contributed by atoms with van der Waals surface area (Å²) in [5, 5.41) is 6.35. The standard InChI is InChI=1S/C15H23FN6O/c1-22(11-2-3-18-6-11)14(23)12-7-20-13(8-19-12)21-10-4-15(16,5-10)9-17/h7-8,10-11,18H,2-6,9,17H2,1H3,(H,20,21). The number of nitrogens with one attached hydrogen (secondary N) is 2. The molecule has 1 unspecified atom stereocenters. The van der Waals surface area contributed by atoms with E-state index in [1.54, 1.807) is 11.9 Å². The highest BCUT2D eigenvalue weighted by atomic mass is 19.1. The zero-order valence-electron chi connectivity index (χ0n) is 13.3. The Hall–Kier alpha value is -1.80. The summed E-state index contributed by atoms with van der Waals surface area (Å²) in [5.41, 5.74) is 4.45. The van der Waals surface area contributed by atoms with Crippen LogP contribution in [0.15, 0.2) is 12.4 Å². The number of nitrogens with zero attached hydrogens (tertiary/aromatic N) is 3. The van der Waals surface area contributed by atoms with Gasteiger partial charge >= 0.3 is 0 Å². The first-order valence-corrected chi connectivity index (χ1v) is 7.96. The predicted molar refractivity (Wildman–Crippen MR) is 84.9 cm³/mol. The van der Waals surface area contributed by atoms with Crippen LogP contribution in [0, 0.1) is 0 Å². The second-order valence-corrected chi connectivity index (χ2v) is 6.45. The van der Waals surface area contributed by atoms with Crippen LogP contribution in [0.25, 0.3) is 0 Å². The SMILES string of the molecule is CN(C(=O)c1cnc(NC2CC(F)(CN)C2)cn1)C1CCNC1. The van der Waals surface area contributed by atoms with Gasteiger partial charge in [0.1, 0.15) is 17.2 Å². The molecule has 0 radical (unpaired) electrons. The lowest BCUT2D eigenvalue weighted by atomic mass is 9.77. The molecule has 1 amide bonds. The number of carbonyl (C=O) groups is 1. The fourth-order valence-corrected chi connectivity index (χ4v) is 3.13. The fraction of sp³-hybridized carbons (Fsp3) is 0.667. The number of alkyl halides is 1. The summed E-state index contributed by atoms with van der Waals surface area (Å²) in [5.74, 6) is 0.420. The van der Waals surface area contributed by atoms with Crippen LogP contribution < -0.4 is 16.4 Å². The molecule has 23 heavy (non-hydrogen) atoms. The number of hydrogen-bond acceptors (Lipinski definition) is 6. The normalized spacial score (nSPS) is 29.9. The quantitative estimate of drug-likeness (QED) is 0.714. The molecule has 2 fully saturated rings. The third kappa shape index (κ3) is 3.42. The third-order valence-corrected chi connectivity index (χ3v) is 4.72. The van der Waals surface area contributed by atoms with Crippen LogP contribution in [0.4, 0.5) is 10.2 Å². The number of amides is 1. The van der Waals surface area contributed by atoms with Crippen LogP contribution in [-0.4, -0.2) is 65.2 Å². The van der Waals surface area contributed by atoms with E-state index in [0.717, 1.165) is 19.5 Å². The molecular formula is C15H23FN6O.